The zero-order valence-corrected chi connectivity index (χ0v) is 31.8. The molecule has 0 aromatic carbocycles. The summed E-state index contributed by atoms with van der Waals surface area (Å²) in [7, 11) is -3.88. The van der Waals surface area contributed by atoms with Crippen molar-refractivity contribution in [2.75, 3.05) is 0 Å². The minimum absolute atomic E-state index is 0.0652. The lowest BCUT2D eigenvalue weighted by Crippen LogP contribution is -2.51. The van der Waals surface area contributed by atoms with Crippen LogP contribution in [0.1, 0.15) is 119 Å². The van der Waals surface area contributed by atoms with Gasteiger partial charge in [-0.1, -0.05) is 85.6 Å². The molecule has 1 unspecified atom stereocenters. The molecular formula is C35H65ClO4Si2. The van der Waals surface area contributed by atoms with Gasteiger partial charge in [0.15, 0.2) is 16.6 Å². The number of carboxylic acid groups (broad SMARTS) is 1. The van der Waals surface area contributed by atoms with E-state index < -0.39 is 22.6 Å². The van der Waals surface area contributed by atoms with Gasteiger partial charge in [0, 0.05) is 17.7 Å². The van der Waals surface area contributed by atoms with Gasteiger partial charge in [0.25, 0.3) is 0 Å². The molecule has 1 N–H and O–H groups in total. The molecule has 4 nitrogen and oxygen atoms in total. The van der Waals surface area contributed by atoms with Gasteiger partial charge in [-0.05, 0) is 99.0 Å². The number of rotatable bonds is 16. The van der Waals surface area contributed by atoms with Gasteiger partial charge in [-0.3, -0.25) is 4.79 Å². The summed E-state index contributed by atoms with van der Waals surface area (Å²) in [5.74, 6) is -0.155. The summed E-state index contributed by atoms with van der Waals surface area (Å²) in [6, 6.07) is 0. The number of halogens is 1. The lowest BCUT2D eigenvalue weighted by Gasteiger charge is -2.51. The van der Waals surface area contributed by atoms with Gasteiger partial charge in [0.05, 0.1) is 12.2 Å². The molecule has 2 aliphatic rings. The third-order valence-electron chi connectivity index (χ3n) is 11.2. The summed E-state index contributed by atoms with van der Waals surface area (Å²) in [6.07, 6.45) is 20.4. The van der Waals surface area contributed by atoms with E-state index in [1.54, 1.807) is 0 Å². The van der Waals surface area contributed by atoms with E-state index in [4.69, 9.17) is 25.6 Å². The van der Waals surface area contributed by atoms with E-state index in [9.17, 15) is 4.79 Å². The van der Waals surface area contributed by atoms with E-state index in [2.05, 4.69) is 99.0 Å². The topological polar surface area (TPSA) is 55.8 Å². The molecule has 0 spiro atoms. The number of hydrogen-bond acceptors (Lipinski definition) is 3. The van der Waals surface area contributed by atoms with Crippen LogP contribution in [0.4, 0.5) is 0 Å². The number of hydrogen-bond donors (Lipinski definition) is 1. The zero-order valence-electron chi connectivity index (χ0n) is 29.0. The minimum Gasteiger partial charge on any atom is -0.481 e. The maximum absolute atomic E-state index is 10.9. The Balaban J connectivity index is 2.31. The molecule has 0 bridgehead atoms. The number of carbonyl (C=O) groups is 1. The summed E-state index contributed by atoms with van der Waals surface area (Å²) < 4.78 is 14.3. The first kappa shape index (κ1) is 37.8. The first-order valence-corrected chi connectivity index (χ1v) is 23.0. The molecule has 244 valence electrons. The molecule has 2 rings (SSSR count). The number of allylic oxidation sites excluding steroid dienone is 2. The van der Waals surface area contributed by atoms with E-state index >= 15 is 0 Å². The lowest BCUT2D eigenvalue weighted by molar-refractivity contribution is -0.137. The van der Waals surface area contributed by atoms with Gasteiger partial charge in [-0.2, -0.15) is 0 Å². The molecule has 0 aliphatic heterocycles. The van der Waals surface area contributed by atoms with Crippen molar-refractivity contribution in [1.29, 1.82) is 0 Å². The summed E-state index contributed by atoms with van der Waals surface area (Å²) in [4.78, 5) is 10.9. The molecule has 0 aromatic rings. The second-order valence-electron chi connectivity index (χ2n) is 16.4. The summed E-state index contributed by atoms with van der Waals surface area (Å²) in [5.41, 5.74) is 0.314. The Morgan fingerprint density at radius 2 is 1.64 bits per heavy atom. The summed E-state index contributed by atoms with van der Waals surface area (Å²) >= 11 is 7.09. The zero-order chi connectivity index (χ0) is 32.0. The normalized spacial score (nSPS) is 26.2. The summed E-state index contributed by atoms with van der Waals surface area (Å²) in [5, 5.41) is 9.34. The van der Waals surface area contributed by atoms with Crippen molar-refractivity contribution in [2.24, 2.45) is 17.3 Å². The fraction of sp³-hybridized carbons (Fsp3) is 0.857. The summed E-state index contributed by atoms with van der Waals surface area (Å²) in [6.45, 7) is 25.8. The Morgan fingerprint density at radius 3 is 2.14 bits per heavy atom. The maximum Gasteiger partial charge on any atom is 0.303 e. The molecule has 2 fully saturated rings. The van der Waals surface area contributed by atoms with Crippen LogP contribution in [0.2, 0.25) is 36.3 Å². The van der Waals surface area contributed by atoms with Crippen LogP contribution in [-0.4, -0.2) is 45.3 Å². The predicted octanol–water partition coefficient (Wildman–Crippen LogP) is 11.1. The van der Waals surface area contributed by atoms with Gasteiger partial charge < -0.3 is 14.0 Å². The van der Waals surface area contributed by atoms with Gasteiger partial charge in [0.2, 0.25) is 0 Å². The molecule has 0 radical (unpaired) electrons. The Hall–Kier alpha value is -0.406. The Bertz CT molecular complexity index is 911. The fourth-order valence-electron chi connectivity index (χ4n) is 6.24. The third-order valence-corrected chi connectivity index (χ3v) is 20.7. The van der Waals surface area contributed by atoms with Gasteiger partial charge in [0.1, 0.15) is 0 Å². The molecule has 2 aliphatic carbocycles. The van der Waals surface area contributed by atoms with Crippen molar-refractivity contribution in [3.63, 3.8) is 0 Å². The molecule has 2 saturated carbocycles. The van der Waals surface area contributed by atoms with Crippen LogP contribution in [0.15, 0.2) is 24.3 Å². The smallest absolute Gasteiger partial charge is 0.303 e. The van der Waals surface area contributed by atoms with E-state index in [1.165, 1.54) is 32.1 Å². The quantitative estimate of drug-likeness (QED) is 0.0789. The Labute approximate surface area is 266 Å². The van der Waals surface area contributed by atoms with Crippen LogP contribution < -0.4 is 0 Å². The molecule has 0 heterocycles. The van der Waals surface area contributed by atoms with Crippen molar-refractivity contribution < 1.29 is 18.8 Å². The highest BCUT2D eigenvalue weighted by Crippen LogP contribution is 2.52. The van der Waals surface area contributed by atoms with Crippen LogP contribution in [0.25, 0.3) is 0 Å². The van der Waals surface area contributed by atoms with Crippen molar-refractivity contribution >= 4 is 34.2 Å². The highest BCUT2D eigenvalue weighted by atomic mass is 35.5. The van der Waals surface area contributed by atoms with E-state index in [0.29, 0.717) is 17.8 Å². The highest BCUT2D eigenvalue weighted by Gasteiger charge is 2.49. The predicted molar refractivity (Wildman–Crippen MR) is 186 cm³/mol. The lowest BCUT2D eigenvalue weighted by atomic mass is 9.62. The molecule has 0 saturated heterocycles. The second-order valence-corrected chi connectivity index (χ2v) is 26.5. The number of aliphatic carboxylic acids is 1. The number of unbranched alkanes of at least 4 members (excludes halogenated alkanes) is 1. The number of carboxylic acids is 1. The SMILES string of the molecule is CCCC1(C(C/C=C/[C@@H]2[C@@H](C/C=C\CCCC(=O)O)[C@@H](Cl)C[C@H]2O[Si](C)(C)C(C)(C)C)O[Si](C)(C)C(C)(C)C)CCC1. The van der Waals surface area contributed by atoms with Crippen LogP contribution in [0.3, 0.4) is 0 Å². The number of alkyl halides is 1. The molecule has 0 amide bonds. The average molecular weight is 642 g/mol. The van der Waals surface area contributed by atoms with Crippen molar-refractivity contribution in [2.45, 2.75) is 173 Å². The van der Waals surface area contributed by atoms with Crippen LogP contribution in [-0.2, 0) is 13.6 Å². The minimum atomic E-state index is -1.97. The van der Waals surface area contributed by atoms with Crippen LogP contribution >= 0.6 is 11.6 Å². The van der Waals surface area contributed by atoms with E-state index in [0.717, 1.165) is 25.7 Å². The van der Waals surface area contributed by atoms with Crippen molar-refractivity contribution in [3.8, 4) is 0 Å². The molecule has 0 aromatic heterocycles. The van der Waals surface area contributed by atoms with Crippen LogP contribution in [0, 0.1) is 17.3 Å². The molecule has 5 atom stereocenters. The first-order valence-electron chi connectivity index (χ1n) is 16.8. The van der Waals surface area contributed by atoms with Crippen molar-refractivity contribution in [3.05, 3.63) is 24.3 Å². The van der Waals surface area contributed by atoms with Gasteiger partial charge in [-0.15, -0.1) is 11.6 Å². The standard InChI is InChI=1S/C35H65ClO4Si2/c1-12-23-35(24-18-25-35)31(40-42(10,11)34(5,6)7)21-17-20-28-27(19-15-13-14-16-22-32(37)38)29(36)26-30(28)39-41(8,9)33(2,3)4/h13,15,17,20,27-31H,12,14,16,18-19,21-26H2,1-11H3,(H,37,38)/b15-13-,20-17+/t27-,28-,29+,30-,31?/m1/s1. The molecular weight excluding hydrogens is 576 g/mol. The highest BCUT2D eigenvalue weighted by molar-refractivity contribution is 6.74. The van der Waals surface area contributed by atoms with Crippen LogP contribution in [0.5, 0.6) is 0 Å². The largest absolute Gasteiger partial charge is 0.481 e. The Kier molecular flexibility index (Phi) is 13.7. The van der Waals surface area contributed by atoms with Crippen molar-refractivity contribution in [1.82, 2.24) is 0 Å². The second kappa shape index (κ2) is 15.3. The van der Waals surface area contributed by atoms with E-state index in [-0.39, 0.29) is 40.0 Å². The fourth-order valence-corrected chi connectivity index (χ4v) is 9.46. The average Bonchev–Trinajstić information content (AvgIpc) is 3.09. The monoisotopic (exact) mass is 640 g/mol. The van der Waals surface area contributed by atoms with Gasteiger partial charge in [-0.25, -0.2) is 0 Å². The molecule has 7 heteroatoms. The van der Waals surface area contributed by atoms with E-state index in [1.807, 2.05) is 0 Å². The van der Waals surface area contributed by atoms with Gasteiger partial charge >= 0.3 is 5.97 Å². The maximum atomic E-state index is 10.9. The Morgan fingerprint density at radius 1 is 1.02 bits per heavy atom. The molecule has 42 heavy (non-hydrogen) atoms. The third kappa shape index (κ3) is 10.1. The first-order chi connectivity index (χ1) is 19.3.